The molecule has 4 rings (SSSR count). The van der Waals surface area contributed by atoms with Crippen LogP contribution in [-0.4, -0.2) is 77.8 Å². The molecule has 1 aliphatic heterocycles. The molecule has 12 heteroatoms. The molecule has 0 radical (unpaired) electrons. The van der Waals surface area contributed by atoms with Gasteiger partial charge < -0.3 is 15.0 Å². The molecule has 0 unspecified atom stereocenters. The highest BCUT2D eigenvalue weighted by molar-refractivity contribution is 7.14. The van der Waals surface area contributed by atoms with Crippen LogP contribution in [0.2, 0.25) is 0 Å². The van der Waals surface area contributed by atoms with Gasteiger partial charge in [-0.25, -0.2) is 0 Å². The Labute approximate surface area is 209 Å². The molecule has 8 nitrogen and oxygen atoms in total. The minimum absolute atomic E-state index is 0.0184. The number of rotatable bonds is 8. The van der Waals surface area contributed by atoms with E-state index in [4.69, 9.17) is 0 Å². The van der Waals surface area contributed by atoms with Crippen molar-refractivity contribution in [3.8, 4) is 16.3 Å². The Balaban J connectivity index is 1.48. The van der Waals surface area contributed by atoms with Crippen LogP contribution in [0.15, 0.2) is 48.5 Å². The van der Waals surface area contributed by atoms with Crippen molar-refractivity contribution < 1.29 is 27.5 Å². The third kappa shape index (κ3) is 7.09. The van der Waals surface area contributed by atoms with Crippen LogP contribution in [0.4, 0.5) is 18.9 Å². The van der Waals surface area contributed by atoms with Crippen molar-refractivity contribution in [3.63, 3.8) is 0 Å². The van der Waals surface area contributed by atoms with Crippen molar-refractivity contribution in [1.82, 2.24) is 20.0 Å². The van der Waals surface area contributed by atoms with E-state index in [9.17, 15) is 22.8 Å². The van der Waals surface area contributed by atoms with Crippen molar-refractivity contribution >= 4 is 28.7 Å². The summed E-state index contributed by atoms with van der Waals surface area (Å²) in [5.41, 5.74) is 0.767. The molecule has 0 saturated carbocycles. The molecule has 1 amide bonds. The lowest BCUT2D eigenvalue weighted by Gasteiger charge is -2.31. The number of likely N-dealkylation sites (N-methyl/N-ethyl adjacent to an activating group) is 1. The number of hydrogen-bond donors (Lipinski definition) is 1. The Morgan fingerprint density at radius 1 is 1.06 bits per heavy atom. The average Bonchev–Trinajstić information content (AvgIpc) is 3.30. The molecule has 190 valence electrons. The highest BCUT2D eigenvalue weighted by atomic mass is 32.1. The van der Waals surface area contributed by atoms with Gasteiger partial charge in [0.2, 0.25) is 5.91 Å². The van der Waals surface area contributed by atoms with Crippen LogP contribution in [0, 0.1) is 0 Å². The molecule has 1 saturated heterocycles. The number of Topliss-reactive ketones (excluding diaryl/α,β-unsaturated/α-hetero) is 1. The van der Waals surface area contributed by atoms with Crippen LogP contribution >= 0.6 is 11.3 Å². The summed E-state index contributed by atoms with van der Waals surface area (Å²) in [5, 5.41) is 11.8. The molecule has 1 aliphatic rings. The normalized spacial score (nSPS) is 15.0. The Kier molecular flexibility index (Phi) is 7.97. The Bertz CT molecular complexity index is 1210. The van der Waals surface area contributed by atoms with Gasteiger partial charge in [-0.15, -0.1) is 23.4 Å². The van der Waals surface area contributed by atoms with E-state index in [0.717, 1.165) is 24.7 Å². The number of ketones is 1. The molecular formula is C24H24F3N5O3S. The second-order valence-electron chi connectivity index (χ2n) is 8.35. The molecule has 2 heterocycles. The molecule has 36 heavy (non-hydrogen) atoms. The summed E-state index contributed by atoms with van der Waals surface area (Å²) in [7, 11) is 1.98. The van der Waals surface area contributed by atoms with Gasteiger partial charge in [-0.05, 0) is 25.2 Å². The highest BCUT2D eigenvalue weighted by Gasteiger charge is 2.32. The summed E-state index contributed by atoms with van der Waals surface area (Å²) in [5.74, 6) is -1.46. The number of nitrogens with one attached hydrogen (secondary N) is 1. The SMILES string of the molecule is CN1CCN(CC(=O)Nc2cc(C(=O)Cc3nnc(-c4ccccc4)s3)ccc2OC(F)(F)F)CC1. The van der Waals surface area contributed by atoms with Gasteiger partial charge in [-0.3, -0.25) is 14.5 Å². The average molecular weight is 520 g/mol. The zero-order valence-electron chi connectivity index (χ0n) is 19.4. The maximum Gasteiger partial charge on any atom is 0.573 e. The minimum atomic E-state index is -4.96. The fraction of sp³-hybridized carbons (Fsp3) is 0.333. The topological polar surface area (TPSA) is 87.7 Å². The summed E-state index contributed by atoms with van der Waals surface area (Å²) in [6.07, 6.45) is -5.04. The first kappa shape index (κ1) is 25.7. The summed E-state index contributed by atoms with van der Waals surface area (Å²) in [6, 6.07) is 12.8. The number of hydrogen-bond acceptors (Lipinski definition) is 8. The van der Waals surface area contributed by atoms with Gasteiger partial charge in [0.1, 0.15) is 10.0 Å². The zero-order chi connectivity index (χ0) is 25.7. The number of benzene rings is 2. The molecule has 0 aliphatic carbocycles. The smallest absolute Gasteiger partial charge is 0.404 e. The quantitative estimate of drug-likeness (QED) is 0.454. The number of aromatic nitrogens is 2. The number of halogens is 3. The molecule has 1 aromatic heterocycles. The molecule has 0 spiro atoms. The molecule has 0 bridgehead atoms. The molecule has 1 N–H and O–H groups in total. The number of alkyl halides is 3. The van der Waals surface area contributed by atoms with Crippen LogP contribution in [0.25, 0.3) is 10.6 Å². The molecule has 1 fully saturated rings. The Morgan fingerprint density at radius 3 is 2.47 bits per heavy atom. The lowest BCUT2D eigenvalue weighted by atomic mass is 10.1. The first-order valence-electron chi connectivity index (χ1n) is 11.2. The van der Waals surface area contributed by atoms with Crippen LogP contribution in [0.3, 0.4) is 0 Å². The number of carbonyl (C=O) groups is 2. The largest absolute Gasteiger partial charge is 0.573 e. The van der Waals surface area contributed by atoms with E-state index in [1.54, 1.807) is 0 Å². The maximum atomic E-state index is 12.9. The number of amides is 1. The Morgan fingerprint density at radius 2 is 1.78 bits per heavy atom. The summed E-state index contributed by atoms with van der Waals surface area (Å²) < 4.78 is 42.9. The van der Waals surface area contributed by atoms with Gasteiger partial charge in [0, 0.05) is 37.3 Å². The Hall–Kier alpha value is -3.35. The van der Waals surface area contributed by atoms with Gasteiger partial charge >= 0.3 is 6.36 Å². The van der Waals surface area contributed by atoms with Crippen molar-refractivity contribution in [2.45, 2.75) is 12.8 Å². The fourth-order valence-corrected chi connectivity index (χ4v) is 4.52. The molecule has 0 atom stereocenters. The maximum absolute atomic E-state index is 12.9. The number of ether oxygens (including phenoxy) is 1. The van der Waals surface area contributed by atoms with E-state index in [1.165, 1.54) is 23.5 Å². The van der Waals surface area contributed by atoms with Crippen LogP contribution < -0.4 is 10.1 Å². The van der Waals surface area contributed by atoms with Crippen LogP contribution in [0.1, 0.15) is 15.4 Å². The second kappa shape index (κ2) is 11.1. The first-order valence-corrected chi connectivity index (χ1v) is 12.0. The lowest BCUT2D eigenvalue weighted by Crippen LogP contribution is -2.47. The second-order valence-corrected chi connectivity index (χ2v) is 9.42. The fourth-order valence-electron chi connectivity index (χ4n) is 3.68. The summed E-state index contributed by atoms with van der Waals surface area (Å²) >= 11 is 1.26. The van der Waals surface area contributed by atoms with E-state index in [2.05, 4.69) is 25.2 Å². The molecule has 3 aromatic rings. The van der Waals surface area contributed by atoms with E-state index in [-0.39, 0.29) is 30.0 Å². The predicted octanol–water partition coefficient (Wildman–Crippen LogP) is 3.72. The minimum Gasteiger partial charge on any atom is -0.404 e. The number of anilines is 1. The van der Waals surface area contributed by atoms with Gasteiger partial charge in [0.25, 0.3) is 0 Å². The monoisotopic (exact) mass is 519 g/mol. The van der Waals surface area contributed by atoms with E-state index in [1.807, 2.05) is 42.3 Å². The van der Waals surface area contributed by atoms with Crippen molar-refractivity contribution in [3.05, 3.63) is 59.1 Å². The number of carbonyl (C=O) groups excluding carboxylic acids is 2. The van der Waals surface area contributed by atoms with E-state index < -0.39 is 18.0 Å². The van der Waals surface area contributed by atoms with Crippen molar-refractivity contribution in [1.29, 1.82) is 0 Å². The summed E-state index contributed by atoms with van der Waals surface area (Å²) in [4.78, 5) is 29.5. The van der Waals surface area contributed by atoms with Gasteiger partial charge in [-0.2, -0.15) is 0 Å². The van der Waals surface area contributed by atoms with Crippen LogP contribution in [-0.2, 0) is 11.2 Å². The van der Waals surface area contributed by atoms with Crippen LogP contribution in [0.5, 0.6) is 5.75 Å². The summed E-state index contributed by atoms with van der Waals surface area (Å²) in [6.45, 7) is 2.93. The van der Waals surface area contributed by atoms with Gasteiger partial charge in [0.05, 0.1) is 18.7 Å². The highest BCUT2D eigenvalue weighted by Crippen LogP contribution is 2.32. The number of piperazine rings is 1. The third-order valence-electron chi connectivity index (χ3n) is 5.56. The standard InChI is InChI=1S/C24H24F3N5O3S/c1-31-9-11-32(12-10-31)15-21(34)28-18-13-17(7-8-20(18)35-24(25,26)27)19(33)14-22-29-30-23(36-22)16-5-3-2-4-6-16/h2-8,13H,9-12,14-15H2,1H3,(H,28,34). The lowest BCUT2D eigenvalue weighted by molar-refractivity contribution is -0.274. The van der Waals surface area contributed by atoms with Crippen molar-refractivity contribution in [2.24, 2.45) is 0 Å². The predicted molar refractivity (Wildman–Crippen MR) is 129 cm³/mol. The van der Waals surface area contributed by atoms with E-state index >= 15 is 0 Å². The third-order valence-corrected chi connectivity index (χ3v) is 6.54. The molecular weight excluding hydrogens is 495 g/mol. The van der Waals surface area contributed by atoms with Gasteiger partial charge in [0.15, 0.2) is 11.5 Å². The van der Waals surface area contributed by atoms with Gasteiger partial charge in [-0.1, -0.05) is 41.7 Å². The van der Waals surface area contributed by atoms with E-state index in [0.29, 0.717) is 23.1 Å². The first-order chi connectivity index (χ1) is 17.2. The van der Waals surface area contributed by atoms with Crippen molar-refractivity contribution in [2.75, 3.05) is 45.1 Å². The molecule has 2 aromatic carbocycles. The zero-order valence-corrected chi connectivity index (χ0v) is 20.2. The number of nitrogens with zero attached hydrogens (tertiary/aromatic N) is 4.